The van der Waals surface area contributed by atoms with E-state index in [1.165, 1.54) is 0 Å². The largest absolute Gasteiger partial charge is 0.389 e. The van der Waals surface area contributed by atoms with Crippen LogP contribution in [0.3, 0.4) is 0 Å². The predicted molar refractivity (Wildman–Crippen MR) is 79.8 cm³/mol. The van der Waals surface area contributed by atoms with Gasteiger partial charge in [0, 0.05) is 6.54 Å². The average molecular weight is 297 g/mol. The maximum absolute atomic E-state index is 12.1. The maximum Gasteiger partial charge on any atom is 0.215 e. The number of sulfonamides is 1. The third kappa shape index (κ3) is 4.30. The smallest absolute Gasteiger partial charge is 0.215 e. The minimum absolute atomic E-state index is 0.0320. The lowest BCUT2D eigenvalue weighted by Crippen LogP contribution is -2.44. The summed E-state index contributed by atoms with van der Waals surface area (Å²) < 4.78 is 26.8. The van der Waals surface area contributed by atoms with Gasteiger partial charge in [0.1, 0.15) is 0 Å². The first kappa shape index (κ1) is 15.5. The number of rotatable bonds is 5. The Bertz CT molecular complexity index is 548. The van der Waals surface area contributed by atoms with Gasteiger partial charge < -0.3 is 5.11 Å². The molecule has 0 aromatic heterocycles. The average Bonchev–Trinajstić information content (AvgIpc) is 2.40. The molecule has 4 nitrogen and oxygen atoms in total. The van der Waals surface area contributed by atoms with Crippen molar-refractivity contribution in [3.8, 4) is 0 Å². The molecule has 5 heteroatoms. The Hall–Kier alpha value is -0.910. The van der Waals surface area contributed by atoms with E-state index in [9.17, 15) is 13.5 Å². The lowest BCUT2D eigenvalue weighted by atomic mass is 9.85. The minimum Gasteiger partial charge on any atom is -0.389 e. The van der Waals surface area contributed by atoms with Gasteiger partial charge in [-0.25, -0.2) is 13.1 Å². The summed E-state index contributed by atoms with van der Waals surface area (Å²) in [6.45, 7) is 2.03. The van der Waals surface area contributed by atoms with Gasteiger partial charge in [-0.15, -0.1) is 0 Å². The van der Waals surface area contributed by atoms with E-state index in [1.54, 1.807) is 0 Å². The zero-order chi connectivity index (χ0) is 14.6. The summed E-state index contributed by atoms with van der Waals surface area (Å²) >= 11 is 0. The van der Waals surface area contributed by atoms with E-state index in [0.29, 0.717) is 12.8 Å². The van der Waals surface area contributed by atoms with Crippen molar-refractivity contribution in [2.75, 3.05) is 6.54 Å². The lowest BCUT2D eigenvalue weighted by molar-refractivity contribution is 0.00944. The van der Waals surface area contributed by atoms with Crippen LogP contribution in [0.25, 0.3) is 0 Å². The van der Waals surface area contributed by atoms with E-state index in [-0.39, 0.29) is 12.3 Å². The number of aryl methyl sites for hydroxylation is 1. The van der Waals surface area contributed by atoms with Gasteiger partial charge in [-0.1, -0.05) is 43.5 Å². The van der Waals surface area contributed by atoms with Gasteiger partial charge in [0.05, 0.1) is 11.4 Å². The molecule has 20 heavy (non-hydrogen) atoms. The second-order valence-electron chi connectivity index (χ2n) is 5.79. The quantitative estimate of drug-likeness (QED) is 0.875. The molecule has 0 amide bonds. The monoisotopic (exact) mass is 297 g/mol. The Balaban J connectivity index is 1.96. The fraction of sp³-hybridized carbons (Fsp3) is 0.600. The summed E-state index contributed by atoms with van der Waals surface area (Å²) in [5.74, 6) is -0.0320. The summed E-state index contributed by atoms with van der Waals surface area (Å²) in [6.07, 6.45) is 4.42. The summed E-state index contributed by atoms with van der Waals surface area (Å²) in [6, 6.07) is 7.46. The standard InChI is InChI=1S/C15H23NO3S/c1-13-7-3-4-8-14(13)11-20(18,19)16-12-15(17)9-5-2-6-10-15/h3-4,7-8,16-17H,2,5-6,9-12H2,1H3. The summed E-state index contributed by atoms with van der Waals surface area (Å²) in [5, 5.41) is 10.3. The molecular formula is C15H23NO3S. The van der Waals surface area contributed by atoms with Gasteiger partial charge in [0.25, 0.3) is 0 Å². The fourth-order valence-electron chi connectivity index (χ4n) is 2.66. The molecule has 0 bridgehead atoms. The first-order chi connectivity index (χ1) is 9.40. The second kappa shape index (κ2) is 6.24. The molecule has 1 aromatic rings. The molecule has 0 spiro atoms. The van der Waals surface area contributed by atoms with Crippen LogP contribution in [-0.4, -0.2) is 25.7 Å². The normalized spacial score (nSPS) is 18.9. The molecule has 1 fully saturated rings. The van der Waals surface area contributed by atoms with E-state index in [0.717, 1.165) is 30.4 Å². The Labute approximate surface area is 121 Å². The molecule has 2 rings (SSSR count). The summed E-state index contributed by atoms with van der Waals surface area (Å²) in [5.41, 5.74) is 0.904. The lowest BCUT2D eigenvalue weighted by Gasteiger charge is -2.32. The van der Waals surface area contributed by atoms with Crippen LogP contribution in [0.2, 0.25) is 0 Å². The van der Waals surface area contributed by atoms with E-state index in [4.69, 9.17) is 0 Å². The van der Waals surface area contributed by atoms with Gasteiger partial charge in [0.15, 0.2) is 0 Å². The third-order valence-electron chi connectivity index (χ3n) is 4.01. The molecular weight excluding hydrogens is 274 g/mol. The highest BCUT2D eigenvalue weighted by molar-refractivity contribution is 7.88. The van der Waals surface area contributed by atoms with Crippen molar-refractivity contribution in [3.63, 3.8) is 0 Å². The predicted octanol–water partition coefficient (Wildman–Crippen LogP) is 2.11. The van der Waals surface area contributed by atoms with Crippen molar-refractivity contribution in [2.45, 2.75) is 50.4 Å². The van der Waals surface area contributed by atoms with Crippen molar-refractivity contribution in [1.29, 1.82) is 0 Å². The maximum atomic E-state index is 12.1. The molecule has 112 valence electrons. The highest BCUT2D eigenvalue weighted by Gasteiger charge is 2.30. The van der Waals surface area contributed by atoms with Crippen molar-refractivity contribution in [3.05, 3.63) is 35.4 Å². The number of hydrogen-bond donors (Lipinski definition) is 2. The van der Waals surface area contributed by atoms with Crippen LogP contribution < -0.4 is 4.72 Å². The van der Waals surface area contributed by atoms with E-state index in [1.807, 2.05) is 31.2 Å². The minimum atomic E-state index is -3.40. The highest BCUT2D eigenvalue weighted by atomic mass is 32.2. The first-order valence-electron chi connectivity index (χ1n) is 7.14. The van der Waals surface area contributed by atoms with Gasteiger partial charge in [-0.2, -0.15) is 0 Å². The molecule has 1 saturated carbocycles. The SMILES string of the molecule is Cc1ccccc1CS(=O)(=O)NCC1(O)CCCCC1. The zero-order valence-electron chi connectivity index (χ0n) is 11.9. The van der Waals surface area contributed by atoms with Crippen LogP contribution >= 0.6 is 0 Å². The van der Waals surface area contributed by atoms with E-state index in [2.05, 4.69) is 4.72 Å². The Morgan fingerprint density at radius 1 is 1.20 bits per heavy atom. The molecule has 0 heterocycles. The molecule has 0 radical (unpaired) electrons. The molecule has 2 N–H and O–H groups in total. The molecule has 0 unspecified atom stereocenters. The number of benzene rings is 1. The van der Waals surface area contributed by atoms with Crippen LogP contribution in [-0.2, 0) is 15.8 Å². The third-order valence-corrected chi connectivity index (χ3v) is 5.29. The molecule has 1 aliphatic rings. The van der Waals surface area contributed by atoms with Crippen LogP contribution in [0.15, 0.2) is 24.3 Å². The number of hydrogen-bond acceptors (Lipinski definition) is 3. The first-order valence-corrected chi connectivity index (χ1v) is 8.80. The van der Waals surface area contributed by atoms with Crippen LogP contribution in [0.4, 0.5) is 0 Å². The van der Waals surface area contributed by atoms with Crippen molar-refractivity contribution >= 4 is 10.0 Å². The van der Waals surface area contributed by atoms with Crippen LogP contribution in [0, 0.1) is 6.92 Å². The molecule has 1 aliphatic carbocycles. The summed E-state index contributed by atoms with van der Waals surface area (Å²) in [7, 11) is -3.40. The van der Waals surface area contributed by atoms with Gasteiger partial charge in [-0.05, 0) is 30.9 Å². The molecule has 0 atom stereocenters. The number of nitrogens with one attached hydrogen (secondary N) is 1. The van der Waals surface area contributed by atoms with Gasteiger partial charge in [0.2, 0.25) is 10.0 Å². The Morgan fingerprint density at radius 3 is 2.50 bits per heavy atom. The highest BCUT2D eigenvalue weighted by Crippen LogP contribution is 2.27. The van der Waals surface area contributed by atoms with E-state index < -0.39 is 15.6 Å². The van der Waals surface area contributed by atoms with Crippen molar-refractivity contribution < 1.29 is 13.5 Å². The van der Waals surface area contributed by atoms with Gasteiger partial charge in [-0.3, -0.25) is 0 Å². The zero-order valence-corrected chi connectivity index (χ0v) is 12.7. The fourth-order valence-corrected chi connectivity index (χ4v) is 3.98. The van der Waals surface area contributed by atoms with E-state index >= 15 is 0 Å². The summed E-state index contributed by atoms with van der Waals surface area (Å²) in [4.78, 5) is 0. The molecule has 1 aromatic carbocycles. The van der Waals surface area contributed by atoms with Crippen LogP contribution in [0.1, 0.15) is 43.2 Å². The van der Waals surface area contributed by atoms with Crippen molar-refractivity contribution in [1.82, 2.24) is 4.72 Å². The topological polar surface area (TPSA) is 66.4 Å². The Morgan fingerprint density at radius 2 is 1.85 bits per heavy atom. The molecule has 0 saturated heterocycles. The second-order valence-corrected chi connectivity index (χ2v) is 7.60. The number of aliphatic hydroxyl groups is 1. The Kier molecular flexibility index (Phi) is 4.83. The van der Waals surface area contributed by atoms with Crippen molar-refractivity contribution in [2.24, 2.45) is 0 Å². The van der Waals surface area contributed by atoms with Crippen LogP contribution in [0.5, 0.6) is 0 Å². The molecule has 0 aliphatic heterocycles. The van der Waals surface area contributed by atoms with Gasteiger partial charge >= 0.3 is 0 Å².